The van der Waals surface area contributed by atoms with E-state index in [1.54, 1.807) is 6.20 Å². The zero-order chi connectivity index (χ0) is 19.7. The third-order valence-electron chi connectivity index (χ3n) is 7.40. The minimum Gasteiger partial charge on any atom is -0.423 e. The molecule has 2 aromatic heterocycles. The number of carbonyl (C=O) groups is 1. The molecule has 2 aliphatic heterocycles. The van der Waals surface area contributed by atoms with Crippen LogP contribution in [0, 0.1) is 22.2 Å². The highest BCUT2D eigenvalue weighted by Gasteiger charge is 2.65. The monoisotopic (exact) mass is 378 g/mol. The first-order valence-electron chi connectivity index (χ1n) is 9.78. The number of pyridine rings is 1. The van der Waals surface area contributed by atoms with Crippen LogP contribution in [0.4, 0.5) is 0 Å². The van der Waals surface area contributed by atoms with Crippen LogP contribution in [0.2, 0.25) is 0 Å². The minimum atomic E-state index is -0.981. The van der Waals surface area contributed by atoms with Crippen LogP contribution >= 0.6 is 0 Å². The lowest BCUT2D eigenvalue weighted by molar-refractivity contribution is -0.129. The number of carbonyl (C=O) groups excluding carboxylic acids is 1. The molecule has 4 heterocycles. The summed E-state index contributed by atoms with van der Waals surface area (Å²) < 4.78 is 6.27. The van der Waals surface area contributed by atoms with Crippen LogP contribution in [0.1, 0.15) is 45.1 Å². The number of likely N-dealkylation sites (tertiary alicyclic amines) is 1. The molecule has 1 amide bonds. The van der Waals surface area contributed by atoms with Crippen molar-refractivity contribution in [3.05, 3.63) is 24.0 Å². The summed E-state index contributed by atoms with van der Waals surface area (Å²) in [6.45, 7) is 5.79. The molecule has 1 aliphatic carbocycles. The summed E-state index contributed by atoms with van der Waals surface area (Å²) in [6, 6.07) is 3.97. The van der Waals surface area contributed by atoms with Gasteiger partial charge in [0.05, 0.1) is 11.7 Å². The fourth-order valence-corrected chi connectivity index (χ4v) is 6.03. The van der Waals surface area contributed by atoms with Crippen LogP contribution < -0.4 is 5.46 Å². The van der Waals surface area contributed by atoms with Crippen molar-refractivity contribution < 1.29 is 14.5 Å². The summed E-state index contributed by atoms with van der Waals surface area (Å²) in [4.78, 5) is 21.7. The van der Waals surface area contributed by atoms with E-state index in [9.17, 15) is 9.82 Å². The Bertz CT molecular complexity index is 1030. The number of nitrogens with zero attached hydrogens (tertiary/aromatic N) is 3. The Hall–Kier alpha value is -2.37. The molecule has 2 aromatic rings. The number of nitrogens with one attached hydrogen (secondary N) is 1. The molecule has 0 aromatic carbocycles. The fourth-order valence-electron chi connectivity index (χ4n) is 6.03. The molecule has 144 valence electrons. The molecule has 8 heteroatoms. The van der Waals surface area contributed by atoms with Crippen molar-refractivity contribution in [2.24, 2.45) is 10.8 Å². The SMILES string of the molecule is CC1(C)CC2(CC13CCN(C(=O)CC#N)C3)OB(O)c1cnc3[nH]ccc3c12. The van der Waals surface area contributed by atoms with Gasteiger partial charge in [0.2, 0.25) is 5.91 Å². The predicted octanol–water partition coefficient (Wildman–Crippen LogP) is 1.43. The normalized spacial score (nSPS) is 30.5. The first-order chi connectivity index (χ1) is 13.3. The van der Waals surface area contributed by atoms with Crippen molar-refractivity contribution in [2.75, 3.05) is 13.1 Å². The lowest BCUT2D eigenvalue weighted by atomic mass is 9.67. The number of nitriles is 1. The van der Waals surface area contributed by atoms with E-state index in [-0.39, 0.29) is 23.2 Å². The Morgan fingerprint density at radius 1 is 1.50 bits per heavy atom. The van der Waals surface area contributed by atoms with Gasteiger partial charge in [0.15, 0.2) is 0 Å². The summed E-state index contributed by atoms with van der Waals surface area (Å²) in [7, 11) is -0.981. The zero-order valence-electron chi connectivity index (χ0n) is 16.2. The van der Waals surface area contributed by atoms with Crippen LogP contribution in [0.25, 0.3) is 11.0 Å². The van der Waals surface area contributed by atoms with E-state index < -0.39 is 12.7 Å². The van der Waals surface area contributed by atoms with E-state index >= 15 is 0 Å². The van der Waals surface area contributed by atoms with Crippen molar-refractivity contribution in [1.29, 1.82) is 5.26 Å². The average molecular weight is 378 g/mol. The highest BCUT2D eigenvalue weighted by molar-refractivity contribution is 6.62. The van der Waals surface area contributed by atoms with Gasteiger partial charge in [-0.05, 0) is 41.7 Å². The summed E-state index contributed by atoms with van der Waals surface area (Å²) in [5, 5.41) is 20.5. The molecule has 3 aliphatic rings. The topological polar surface area (TPSA) is 102 Å². The minimum absolute atomic E-state index is 0.0741. The Kier molecular flexibility index (Phi) is 3.53. The van der Waals surface area contributed by atoms with Gasteiger partial charge in [-0.25, -0.2) is 4.98 Å². The number of H-pyrrole nitrogens is 1. The summed E-state index contributed by atoms with van der Waals surface area (Å²) in [5.74, 6) is -0.0962. The van der Waals surface area contributed by atoms with E-state index in [4.69, 9.17) is 9.92 Å². The summed E-state index contributed by atoms with van der Waals surface area (Å²) in [5.41, 5.74) is 1.81. The van der Waals surface area contributed by atoms with E-state index in [0.717, 1.165) is 41.3 Å². The van der Waals surface area contributed by atoms with Crippen molar-refractivity contribution >= 4 is 29.5 Å². The van der Waals surface area contributed by atoms with Gasteiger partial charge in [0, 0.05) is 36.3 Å². The van der Waals surface area contributed by atoms with Gasteiger partial charge in [-0.15, -0.1) is 0 Å². The van der Waals surface area contributed by atoms with Gasteiger partial charge in [0.1, 0.15) is 12.1 Å². The molecule has 2 unspecified atom stereocenters. The number of aromatic amines is 1. The second kappa shape index (κ2) is 5.59. The van der Waals surface area contributed by atoms with Crippen molar-refractivity contribution in [2.45, 2.75) is 45.1 Å². The molecular weight excluding hydrogens is 355 g/mol. The number of amides is 1. The third-order valence-corrected chi connectivity index (χ3v) is 7.40. The summed E-state index contributed by atoms with van der Waals surface area (Å²) >= 11 is 0. The average Bonchev–Trinajstić information content (AvgIpc) is 3.35. The standard InChI is InChI=1S/C20H23BN4O3/c1-18(2)10-20(11-19(18)5-8-25(12-19)15(26)3-6-22)16-13-4-7-23-17(13)24-9-14(16)21(27)28-20/h4,7,9,27H,3,5,8,10-12H2,1-2H3,(H,23,24). The maximum absolute atomic E-state index is 12.3. The molecule has 5 rings (SSSR count). The van der Waals surface area contributed by atoms with Gasteiger partial charge in [0.25, 0.3) is 0 Å². The molecule has 2 atom stereocenters. The molecule has 2 fully saturated rings. The molecule has 1 saturated heterocycles. The molecule has 0 radical (unpaired) electrons. The van der Waals surface area contributed by atoms with Gasteiger partial charge >= 0.3 is 7.12 Å². The third kappa shape index (κ3) is 2.17. The molecule has 2 spiro atoms. The lowest BCUT2D eigenvalue weighted by Crippen LogP contribution is -2.38. The molecular formula is C20H23BN4O3. The van der Waals surface area contributed by atoms with Crippen molar-refractivity contribution in [3.63, 3.8) is 0 Å². The lowest BCUT2D eigenvalue weighted by Gasteiger charge is -2.37. The second-order valence-corrected chi connectivity index (χ2v) is 9.21. The Labute approximate surface area is 163 Å². The largest absolute Gasteiger partial charge is 0.493 e. The van der Waals surface area contributed by atoms with Crippen LogP contribution in [0.3, 0.4) is 0 Å². The Morgan fingerprint density at radius 3 is 3.11 bits per heavy atom. The number of aromatic nitrogens is 2. The summed E-state index contributed by atoms with van der Waals surface area (Å²) in [6.07, 6.45) is 5.91. The highest BCUT2D eigenvalue weighted by atomic mass is 16.5. The maximum Gasteiger partial charge on any atom is 0.493 e. The predicted molar refractivity (Wildman–Crippen MR) is 103 cm³/mol. The molecule has 2 N–H and O–H groups in total. The molecule has 0 bridgehead atoms. The quantitative estimate of drug-likeness (QED) is 0.731. The number of hydrogen-bond donors (Lipinski definition) is 2. The van der Waals surface area contributed by atoms with Gasteiger partial charge in [-0.3, -0.25) is 4.79 Å². The van der Waals surface area contributed by atoms with E-state index in [2.05, 4.69) is 23.8 Å². The smallest absolute Gasteiger partial charge is 0.423 e. The number of fused-ring (bicyclic) bond motifs is 4. The Balaban J connectivity index is 1.58. The van der Waals surface area contributed by atoms with Crippen molar-refractivity contribution in [1.82, 2.24) is 14.9 Å². The number of rotatable bonds is 1. The fraction of sp³-hybridized carbons (Fsp3) is 0.550. The van der Waals surface area contributed by atoms with Gasteiger partial charge < -0.3 is 19.6 Å². The van der Waals surface area contributed by atoms with Gasteiger partial charge in [-0.2, -0.15) is 5.26 Å². The van der Waals surface area contributed by atoms with Crippen LogP contribution in [0.15, 0.2) is 18.5 Å². The van der Waals surface area contributed by atoms with Crippen molar-refractivity contribution in [3.8, 4) is 6.07 Å². The highest BCUT2D eigenvalue weighted by Crippen LogP contribution is 2.66. The second-order valence-electron chi connectivity index (χ2n) is 9.21. The van der Waals surface area contributed by atoms with E-state index in [0.29, 0.717) is 13.1 Å². The van der Waals surface area contributed by atoms with Gasteiger partial charge in [-0.1, -0.05) is 13.8 Å². The zero-order valence-corrected chi connectivity index (χ0v) is 16.2. The molecule has 28 heavy (non-hydrogen) atoms. The Morgan fingerprint density at radius 2 is 2.32 bits per heavy atom. The van der Waals surface area contributed by atoms with Crippen LogP contribution in [0.5, 0.6) is 0 Å². The first kappa shape index (κ1) is 17.7. The first-order valence-corrected chi connectivity index (χ1v) is 9.78. The molecule has 7 nitrogen and oxygen atoms in total. The maximum atomic E-state index is 12.3. The van der Waals surface area contributed by atoms with E-state index in [1.807, 2.05) is 23.2 Å². The van der Waals surface area contributed by atoms with Crippen LogP contribution in [-0.2, 0) is 15.0 Å². The molecule has 1 saturated carbocycles. The van der Waals surface area contributed by atoms with Crippen LogP contribution in [-0.4, -0.2) is 46.0 Å². The number of hydrogen-bond acceptors (Lipinski definition) is 5. The van der Waals surface area contributed by atoms with E-state index in [1.165, 1.54) is 0 Å².